The van der Waals surface area contributed by atoms with Crippen molar-refractivity contribution in [1.29, 1.82) is 0 Å². The van der Waals surface area contributed by atoms with Gasteiger partial charge in [0.25, 0.3) is 0 Å². The SMILES string of the molecule is Cc1cc(C)c(C)c(S(=O)(=O)N2CCC(C(=O)N3CCN(c4ccccc4F)CC3)CC2)c1C. The van der Waals surface area contributed by atoms with Crippen molar-refractivity contribution >= 4 is 21.6 Å². The van der Waals surface area contributed by atoms with Crippen molar-refractivity contribution in [3.63, 3.8) is 0 Å². The standard InChI is InChI=1S/C26H34FN3O3S/c1-18-17-19(2)21(4)25(20(18)3)34(32,33)30-11-9-22(10-12-30)26(31)29-15-13-28(14-16-29)24-8-6-5-7-23(24)27/h5-8,17,22H,9-16H2,1-4H3. The van der Waals surface area contributed by atoms with Gasteiger partial charge in [0.15, 0.2) is 0 Å². The van der Waals surface area contributed by atoms with E-state index in [1.165, 1.54) is 6.07 Å². The Morgan fingerprint density at radius 2 is 1.44 bits per heavy atom. The summed E-state index contributed by atoms with van der Waals surface area (Å²) in [5, 5.41) is 0. The van der Waals surface area contributed by atoms with Gasteiger partial charge in [-0.15, -0.1) is 0 Å². The largest absolute Gasteiger partial charge is 0.366 e. The second-order valence-electron chi connectivity index (χ2n) is 9.53. The maximum atomic E-state index is 14.1. The highest BCUT2D eigenvalue weighted by atomic mass is 32.2. The molecule has 0 aromatic heterocycles. The highest BCUT2D eigenvalue weighted by Gasteiger charge is 2.36. The van der Waals surface area contributed by atoms with E-state index in [0.717, 1.165) is 22.3 Å². The monoisotopic (exact) mass is 487 g/mol. The van der Waals surface area contributed by atoms with Crippen LogP contribution in [0, 0.1) is 39.4 Å². The van der Waals surface area contributed by atoms with Crippen LogP contribution in [-0.2, 0) is 14.8 Å². The van der Waals surface area contributed by atoms with Crippen molar-refractivity contribution in [2.45, 2.75) is 45.4 Å². The molecule has 6 nitrogen and oxygen atoms in total. The van der Waals surface area contributed by atoms with Gasteiger partial charge in [-0.3, -0.25) is 4.79 Å². The molecule has 2 aromatic carbocycles. The zero-order chi connectivity index (χ0) is 24.6. The number of aryl methyl sites for hydroxylation is 2. The second-order valence-corrected chi connectivity index (χ2v) is 11.4. The van der Waals surface area contributed by atoms with Crippen LogP contribution in [0.5, 0.6) is 0 Å². The molecule has 4 rings (SSSR count). The van der Waals surface area contributed by atoms with Gasteiger partial charge in [-0.1, -0.05) is 18.2 Å². The first-order chi connectivity index (χ1) is 16.1. The zero-order valence-electron chi connectivity index (χ0n) is 20.5. The fourth-order valence-electron chi connectivity index (χ4n) is 5.17. The normalized spacial score (nSPS) is 18.4. The smallest absolute Gasteiger partial charge is 0.243 e. The van der Waals surface area contributed by atoms with E-state index in [2.05, 4.69) is 0 Å². The molecule has 0 aliphatic carbocycles. The van der Waals surface area contributed by atoms with Gasteiger partial charge in [0, 0.05) is 45.2 Å². The molecule has 2 aliphatic heterocycles. The molecule has 0 bridgehead atoms. The average molecular weight is 488 g/mol. The van der Waals surface area contributed by atoms with E-state index in [-0.39, 0.29) is 17.6 Å². The molecule has 2 saturated heterocycles. The lowest BCUT2D eigenvalue weighted by Gasteiger charge is -2.39. The van der Waals surface area contributed by atoms with E-state index in [1.807, 2.05) is 49.6 Å². The number of hydrogen-bond donors (Lipinski definition) is 0. The number of amides is 1. The summed E-state index contributed by atoms with van der Waals surface area (Å²) in [7, 11) is -3.62. The summed E-state index contributed by atoms with van der Waals surface area (Å²) in [6.07, 6.45) is 1.04. The second kappa shape index (κ2) is 9.66. The lowest BCUT2D eigenvalue weighted by atomic mass is 9.96. The van der Waals surface area contributed by atoms with Gasteiger partial charge >= 0.3 is 0 Å². The van der Waals surface area contributed by atoms with Crippen LogP contribution in [0.25, 0.3) is 0 Å². The van der Waals surface area contributed by atoms with Gasteiger partial charge in [-0.05, 0) is 74.9 Å². The molecule has 184 valence electrons. The number of carbonyl (C=O) groups is 1. The number of anilines is 1. The minimum atomic E-state index is -3.62. The number of para-hydroxylation sites is 1. The predicted octanol–water partition coefficient (Wildman–Crippen LogP) is 3.81. The fourth-order valence-corrected chi connectivity index (χ4v) is 7.22. The van der Waals surface area contributed by atoms with Crippen molar-refractivity contribution in [2.24, 2.45) is 5.92 Å². The number of sulfonamides is 1. The number of carbonyl (C=O) groups excluding carboxylic acids is 1. The summed E-state index contributed by atoms with van der Waals surface area (Å²) >= 11 is 0. The molecular weight excluding hydrogens is 453 g/mol. The Morgan fingerprint density at radius 1 is 0.882 bits per heavy atom. The van der Waals surface area contributed by atoms with Crippen molar-refractivity contribution in [3.05, 3.63) is 58.4 Å². The Hall–Kier alpha value is -2.45. The van der Waals surface area contributed by atoms with Crippen LogP contribution >= 0.6 is 0 Å². The third-order valence-electron chi connectivity index (χ3n) is 7.48. The Balaban J connectivity index is 1.38. The Kier molecular flexibility index (Phi) is 7.01. The predicted molar refractivity (Wildman–Crippen MR) is 132 cm³/mol. The molecule has 2 aliphatic rings. The number of hydrogen-bond acceptors (Lipinski definition) is 4. The zero-order valence-corrected chi connectivity index (χ0v) is 21.3. The Morgan fingerprint density at radius 3 is 2.00 bits per heavy atom. The van der Waals surface area contributed by atoms with Crippen molar-refractivity contribution in [3.8, 4) is 0 Å². The van der Waals surface area contributed by atoms with Crippen molar-refractivity contribution in [1.82, 2.24) is 9.21 Å². The van der Waals surface area contributed by atoms with Crippen LogP contribution < -0.4 is 4.90 Å². The van der Waals surface area contributed by atoms with Gasteiger partial charge in [0.2, 0.25) is 15.9 Å². The quantitative estimate of drug-likeness (QED) is 0.658. The number of benzene rings is 2. The molecule has 0 spiro atoms. The number of halogens is 1. The summed E-state index contributed by atoms with van der Waals surface area (Å²) in [5.74, 6) is -0.331. The number of piperidine rings is 1. The molecule has 0 N–H and O–H groups in total. The van der Waals surface area contributed by atoms with Gasteiger partial charge in [-0.2, -0.15) is 4.31 Å². The third kappa shape index (κ3) is 4.58. The third-order valence-corrected chi connectivity index (χ3v) is 9.66. The van der Waals surface area contributed by atoms with Crippen LogP contribution in [0.2, 0.25) is 0 Å². The molecule has 34 heavy (non-hydrogen) atoms. The minimum absolute atomic E-state index is 0.0870. The van der Waals surface area contributed by atoms with Crippen LogP contribution in [0.3, 0.4) is 0 Å². The fraction of sp³-hybridized carbons (Fsp3) is 0.500. The van der Waals surface area contributed by atoms with Crippen molar-refractivity contribution < 1.29 is 17.6 Å². The highest BCUT2D eigenvalue weighted by Crippen LogP contribution is 2.32. The summed E-state index contributed by atoms with van der Waals surface area (Å²) in [4.78, 5) is 17.4. The van der Waals surface area contributed by atoms with Gasteiger partial charge in [0.1, 0.15) is 5.82 Å². The number of nitrogens with zero attached hydrogens (tertiary/aromatic N) is 3. The molecule has 0 radical (unpaired) electrons. The molecule has 0 unspecified atom stereocenters. The molecule has 0 saturated carbocycles. The topological polar surface area (TPSA) is 60.9 Å². The van der Waals surface area contributed by atoms with E-state index >= 15 is 0 Å². The molecule has 2 fully saturated rings. The van der Waals surface area contributed by atoms with E-state index in [4.69, 9.17) is 0 Å². The highest BCUT2D eigenvalue weighted by molar-refractivity contribution is 7.89. The summed E-state index contributed by atoms with van der Waals surface area (Å²) < 4.78 is 42.6. The lowest BCUT2D eigenvalue weighted by Crippen LogP contribution is -2.52. The molecule has 1 amide bonds. The maximum Gasteiger partial charge on any atom is 0.243 e. The van der Waals surface area contributed by atoms with Crippen LogP contribution in [0.15, 0.2) is 35.2 Å². The van der Waals surface area contributed by atoms with E-state index in [0.29, 0.717) is 62.7 Å². The minimum Gasteiger partial charge on any atom is -0.366 e. The summed E-state index contributed by atoms with van der Waals surface area (Å²) in [6, 6.07) is 8.74. The van der Waals surface area contributed by atoms with E-state index < -0.39 is 10.0 Å². The van der Waals surface area contributed by atoms with Crippen LogP contribution in [0.1, 0.15) is 35.1 Å². The molecule has 2 heterocycles. The molecule has 2 aromatic rings. The molecular formula is C26H34FN3O3S. The lowest BCUT2D eigenvalue weighted by molar-refractivity contribution is -0.137. The molecule has 8 heteroatoms. The van der Waals surface area contributed by atoms with E-state index in [1.54, 1.807) is 16.4 Å². The Labute approximate surface area is 202 Å². The first-order valence-electron chi connectivity index (χ1n) is 12.0. The Bertz CT molecular complexity index is 1160. The van der Waals surface area contributed by atoms with Gasteiger partial charge in [0.05, 0.1) is 10.6 Å². The maximum absolute atomic E-state index is 14.1. The van der Waals surface area contributed by atoms with Gasteiger partial charge in [-0.25, -0.2) is 12.8 Å². The summed E-state index contributed by atoms with van der Waals surface area (Å²) in [5.41, 5.74) is 4.12. The average Bonchev–Trinajstić information content (AvgIpc) is 2.83. The van der Waals surface area contributed by atoms with Crippen LogP contribution in [-0.4, -0.2) is 62.8 Å². The molecule has 0 atom stereocenters. The van der Waals surface area contributed by atoms with E-state index in [9.17, 15) is 17.6 Å². The first kappa shape index (κ1) is 24.7. The van der Waals surface area contributed by atoms with Crippen LogP contribution in [0.4, 0.5) is 10.1 Å². The number of rotatable bonds is 4. The number of piperazine rings is 1. The summed E-state index contributed by atoms with van der Waals surface area (Å²) in [6.45, 7) is 10.6. The van der Waals surface area contributed by atoms with Crippen molar-refractivity contribution in [2.75, 3.05) is 44.2 Å². The first-order valence-corrected chi connectivity index (χ1v) is 13.4. The van der Waals surface area contributed by atoms with Gasteiger partial charge < -0.3 is 9.80 Å².